The molecule has 0 aliphatic rings. The maximum absolute atomic E-state index is 12.9. The molecule has 0 N–H and O–H groups in total. The topological polar surface area (TPSA) is 78.9 Å². The van der Waals surface area contributed by atoms with Gasteiger partial charge < -0.3 is 14.2 Å². The van der Waals surface area contributed by atoms with E-state index in [9.17, 15) is 14.4 Å². The standard InChI is InChI=1S/C74H128O6/c1-4-7-10-13-16-19-22-24-26-28-30-32-34-36-37-39-40-42-44-46-48-50-52-55-58-61-64-67-73(76)79-70-71(69-78-72(75)66-63-60-57-54-21-18-15-12-9-6-3)80-74(77)68-65-62-59-56-53-51-49-47-45-43-41-38-35-33-31-29-27-25-23-20-17-14-11-8-5-2/h8,11,17,20,22,24-25,27-28,30-31,33-34,36,38,41,71H,4-7,9-10,12-16,18-19,21,23,26,29,32,35,37,39-40,42-70H2,1-3H3/b11-8-,20-17-,24-22-,27-25-,30-28-,33-31-,36-34-,41-38-. The fourth-order valence-corrected chi connectivity index (χ4v) is 9.71. The lowest BCUT2D eigenvalue weighted by molar-refractivity contribution is -0.167. The van der Waals surface area contributed by atoms with Gasteiger partial charge in [-0.3, -0.25) is 14.4 Å². The highest BCUT2D eigenvalue weighted by Crippen LogP contribution is 2.17. The Kier molecular flexibility index (Phi) is 64.7. The van der Waals surface area contributed by atoms with Crippen molar-refractivity contribution in [3.63, 3.8) is 0 Å². The summed E-state index contributed by atoms with van der Waals surface area (Å²) in [5.74, 6) is -0.874. The third kappa shape index (κ3) is 65.1. The first-order valence-electron chi connectivity index (χ1n) is 34.2. The van der Waals surface area contributed by atoms with Gasteiger partial charge in [-0.15, -0.1) is 0 Å². The number of allylic oxidation sites excluding steroid dienone is 16. The van der Waals surface area contributed by atoms with Crippen molar-refractivity contribution in [3.8, 4) is 0 Å². The normalized spacial score (nSPS) is 12.7. The first-order chi connectivity index (χ1) is 39.5. The van der Waals surface area contributed by atoms with Crippen LogP contribution in [-0.2, 0) is 28.6 Å². The Hall–Kier alpha value is -3.67. The van der Waals surface area contributed by atoms with Crippen LogP contribution in [0.25, 0.3) is 0 Å². The van der Waals surface area contributed by atoms with Gasteiger partial charge in [0.25, 0.3) is 0 Å². The Bertz CT molecular complexity index is 1560. The van der Waals surface area contributed by atoms with E-state index in [2.05, 4.69) is 118 Å². The molecule has 1 unspecified atom stereocenters. The molecule has 0 aliphatic carbocycles. The summed E-state index contributed by atoms with van der Waals surface area (Å²) in [5.41, 5.74) is 0. The minimum atomic E-state index is -0.781. The average molecular weight is 1110 g/mol. The van der Waals surface area contributed by atoms with E-state index in [1.54, 1.807) is 0 Å². The van der Waals surface area contributed by atoms with Crippen molar-refractivity contribution < 1.29 is 28.6 Å². The highest BCUT2D eigenvalue weighted by molar-refractivity contribution is 5.71. The number of carbonyl (C=O) groups is 3. The maximum Gasteiger partial charge on any atom is 0.306 e. The summed E-state index contributed by atoms with van der Waals surface area (Å²) in [6.45, 7) is 6.53. The second kappa shape index (κ2) is 67.8. The SMILES string of the molecule is CC/C=C\C/C=C\C/C=C\C/C=C\C/C=C\CCCCCCCCCCCC(=O)OC(COC(=O)CCCCCCCCCCCC)COC(=O)CCCCCCCCCCCCCC/C=C\C/C=C\C/C=C\CCCCCCC. The fraction of sp³-hybridized carbons (Fsp3) is 0.743. The highest BCUT2D eigenvalue weighted by atomic mass is 16.6. The third-order valence-corrected chi connectivity index (χ3v) is 14.8. The Balaban J connectivity index is 4.23. The number of unbranched alkanes of at least 4 members (excludes halogenated alkanes) is 35. The molecular weight excluding hydrogens is 985 g/mol. The average Bonchev–Trinajstić information content (AvgIpc) is 3.46. The summed E-state index contributed by atoms with van der Waals surface area (Å²) in [6.07, 6.45) is 91.4. The fourth-order valence-electron chi connectivity index (χ4n) is 9.71. The van der Waals surface area contributed by atoms with Gasteiger partial charge >= 0.3 is 17.9 Å². The number of esters is 3. The molecule has 0 saturated carbocycles. The molecule has 460 valence electrons. The van der Waals surface area contributed by atoms with Gasteiger partial charge in [0.05, 0.1) is 0 Å². The number of hydrogen-bond donors (Lipinski definition) is 0. The van der Waals surface area contributed by atoms with E-state index in [4.69, 9.17) is 14.2 Å². The predicted molar refractivity (Wildman–Crippen MR) is 348 cm³/mol. The van der Waals surface area contributed by atoms with Crippen LogP contribution in [0.4, 0.5) is 0 Å². The van der Waals surface area contributed by atoms with Gasteiger partial charge in [0, 0.05) is 19.3 Å². The first kappa shape index (κ1) is 76.3. The van der Waals surface area contributed by atoms with Gasteiger partial charge in [-0.25, -0.2) is 0 Å². The number of hydrogen-bond acceptors (Lipinski definition) is 6. The van der Waals surface area contributed by atoms with Gasteiger partial charge in [0.1, 0.15) is 13.2 Å². The lowest BCUT2D eigenvalue weighted by Gasteiger charge is -2.18. The van der Waals surface area contributed by atoms with E-state index < -0.39 is 6.10 Å². The van der Waals surface area contributed by atoms with Gasteiger partial charge in [-0.05, 0) is 103 Å². The molecule has 0 rings (SSSR count). The van der Waals surface area contributed by atoms with Crippen LogP contribution in [0.5, 0.6) is 0 Å². The van der Waals surface area contributed by atoms with Crippen LogP contribution in [0.3, 0.4) is 0 Å². The van der Waals surface area contributed by atoms with Crippen molar-refractivity contribution in [2.75, 3.05) is 13.2 Å². The number of ether oxygens (including phenoxy) is 3. The van der Waals surface area contributed by atoms with Crippen molar-refractivity contribution in [3.05, 3.63) is 97.2 Å². The van der Waals surface area contributed by atoms with Crippen molar-refractivity contribution in [1.82, 2.24) is 0 Å². The minimum absolute atomic E-state index is 0.0776. The van der Waals surface area contributed by atoms with Crippen molar-refractivity contribution >= 4 is 17.9 Å². The van der Waals surface area contributed by atoms with Crippen LogP contribution in [0.2, 0.25) is 0 Å². The molecule has 0 spiro atoms. The monoisotopic (exact) mass is 1110 g/mol. The van der Waals surface area contributed by atoms with Crippen molar-refractivity contribution in [2.45, 2.75) is 341 Å². The van der Waals surface area contributed by atoms with Gasteiger partial charge in [-0.1, -0.05) is 311 Å². The van der Waals surface area contributed by atoms with Crippen LogP contribution in [0, 0.1) is 0 Å². The van der Waals surface area contributed by atoms with E-state index >= 15 is 0 Å². The molecule has 80 heavy (non-hydrogen) atoms. The summed E-state index contributed by atoms with van der Waals surface area (Å²) in [5, 5.41) is 0. The van der Waals surface area contributed by atoms with E-state index in [1.807, 2.05) is 0 Å². The lowest BCUT2D eigenvalue weighted by atomic mass is 10.0. The number of carbonyl (C=O) groups excluding carboxylic acids is 3. The predicted octanol–water partition coefficient (Wildman–Crippen LogP) is 23.6. The van der Waals surface area contributed by atoms with Crippen LogP contribution < -0.4 is 0 Å². The highest BCUT2D eigenvalue weighted by Gasteiger charge is 2.19. The van der Waals surface area contributed by atoms with Crippen LogP contribution >= 0.6 is 0 Å². The zero-order valence-corrected chi connectivity index (χ0v) is 52.8. The molecule has 6 heteroatoms. The molecule has 0 heterocycles. The van der Waals surface area contributed by atoms with E-state index in [0.717, 1.165) is 109 Å². The molecule has 0 aromatic carbocycles. The Labute approximate surface area is 496 Å². The Morgan fingerprint density at radius 1 is 0.263 bits per heavy atom. The van der Waals surface area contributed by atoms with Crippen LogP contribution in [0.1, 0.15) is 335 Å². The smallest absolute Gasteiger partial charge is 0.306 e. The molecule has 0 amide bonds. The molecule has 1 atom stereocenters. The van der Waals surface area contributed by atoms with E-state index in [0.29, 0.717) is 19.3 Å². The zero-order chi connectivity index (χ0) is 57.8. The van der Waals surface area contributed by atoms with Crippen molar-refractivity contribution in [1.29, 1.82) is 0 Å². The molecule has 6 nitrogen and oxygen atoms in total. The summed E-state index contributed by atoms with van der Waals surface area (Å²) >= 11 is 0. The summed E-state index contributed by atoms with van der Waals surface area (Å²) in [6, 6.07) is 0. The molecule has 0 saturated heterocycles. The number of rotatable bonds is 62. The molecule has 0 fully saturated rings. The lowest BCUT2D eigenvalue weighted by Crippen LogP contribution is -2.30. The summed E-state index contributed by atoms with van der Waals surface area (Å²) in [7, 11) is 0. The van der Waals surface area contributed by atoms with Crippen LogP contribution in [-0.4, -0.2) is 37.2 Å². The van der Waals surface area contributed by atoms with Crippen LogP contribution in [0.15, 0.2) is 97.2 Å². The van der Waals surface area contributed by atoms with E-state index in [1.165, 1.54) is 186 Å². The summed E-state index contributed by atoms with van der Waals surface area (Å²) < 4.78 is 16.9. The zero-order valence-electron chi connectivity index (χ0n) is 52.8. The van der Waals surface area contributed by atoms with Crippen molar-refractivity contribution in [2.24, 2.45) is 0 Å². The Morgan fingerprint density at radius 3 is 0.762 bits per heavy atom. The molecule has 0 aromatic heterocycles. The largest absolute Gasteiger partial charge is 0.462 e. The maximum atomic E-state index is 12.9. The molecule has 0 bridgehead atoms. The first-order valence-corrected chi connectivity index (χ1v) is 34.2. The van der Waals surface area contributed by atoms with Gasteiger partial charge in [0.2, 0.25) is 0 Å². The summed E-state index contributed by atoms with van der Waals surface area (Å²) in [4.78, 5) is 38.3. The Morgan fingerprint density at radius 2 is 0.487 bits per heavy atom. The van der Waals surface area contributed by atoms with Gasteiger partial charge in [0.15, 0.2) is 6.10 Å². The van der Waals surface area contributed by atoms with Gasteiger partial charge in [-0.2, -0.15) is 0 Å². The van der Waals surface area contributed by atoms with E-state index in [-0.39, 0.29) is 31.1 Å². The minimum Gasteiger partial charge on any atom is -0.462 e. The third-order valence-electron chi connectivity index (χ3n) is 14.8. The molecule has 0 radical (unpaired) electrons. The second-order valence-corrected chi connectivity index (χ2v) is 22.7. The quantitative estimate of drug-likeness (QED) is 0.0261. The molecular formula is C74H128O6. The second-order valence-electron chi connectivity index (χ2n) is 22.7. The molecule has 0 aromatic rings. The molecule has 0 aliphatic heterocycles.